The molecule has 1 heterocycles. The third kappa shape index (κ3) is 1.83. The minimum absolute atomic E-state index is 0.329. The van der Waals surface area contributed by atoms with E-state index in [4.69, 9.17) is 5.73 Å². The molecule has 0 spiro atoms. The molecule has 0 bridgehead atoms. The molecule has 1 rings (SSSR count). The summed E-state index contributed by atoms with van der Waals surface area (Å²) in [7, 11) is -2.33. The average molecular weight is 185 g/mol. The molecule has 66 valence electrons. The summed E-state index contributed by atoms with van der Waals surface area (Å²) in [5, 5.41) is 0.563. The molecule has 0 aliphatic heterocycles. The van der Waals surface area contributed by atoms with Gasteiger partial charge in [0.25, 0.3) is 0 Å². The third-order valence-corrected chi connectivity index (χ3v) is 3.00. The Morgan fingerprint density at radius 2 is 2.08 bits per heavy atom. The van der Waals surface area contributed by atoms with E-state index in [1.54, 1.807) is 26.5 Å². The molecule has 1 aromatic rings. The van der Waals surface area contributed by atoms with E-state index < -0.39 is 7.14 Å². The lowest BCUT2D eigenvalue weighted by atomic mass is 10.5. The van der Waals surface area contributed by atoms with E-state index >= 15 is 0 Å². The Bertz CT molecular complexity index is 345. The van der Waals surface area contributed by atoms with Crippen LogP contribution in [-0.4, -0.2) is 23.3 Å². The van der Waals surface area contributed by atoms with Gasteiger partial charge in [-0.15, -0.1) is 0 Å². The van der Waals surface area contributed by atoms with Crippen molar-refractivity contribution in [3.05, 3.63) is 12.0 Å². The first kappa shape index (κ1) is 9.20. The number of nitrogens with zero attached hydrogens (tertiary/aromatic N) is 2. The maximum absolute atomic E-state index is 11.6. The number of aryl methyl sites for hydroxylation is 1. The lowest BCUT2D eigenvalue weighted by Crippen LogP contribution is -2.13. The summed E-state index contributed by atoms with van der Waals surface area (Å²) < 4.78 is 11.6. The van der Waals surface area contributed by atoms with Crippen LogP contribution in [0.3, 0.4) is 0 Å². The van der Waals surface area contributed by atoms with Crippen LogP contribution in [-0.2, 0) is 4.57 Å². The lowest BCUT2D eigenvalue weighted by Gasteiger charge is -2.08. The van der Waals surface area contributed by atoms with Gasteiger partial charge in [0, 0.05) is 6.20 Å². The van der Waals surface area contributed by atoms with E-state index in [0.717, 1.165) is 0 Å². The number of anilines is 1. The standard InChI is InChI=1S/C7H12N3OP/c1-5-9-4-6(7(8)10-5)12(2,3)11/h4H,1-3H3,(H2,8,9,10). The fourth-order valence-electron chi connectivity index (χ4n) is 0.896. The molecule has 4 nitrogen and oxygen atoms in total. The normalized spacial score (nSPS) is 11.6. The monoisotopic (exact) mass is 185 g/mol. The van der Waals surface area contributed by atoms with Crippen LogP contribution in [0.2, 0.25) is 0 Å². The summed E-state index contributed by atoms with van der Waals surface area (Å²) in [5.41, 5.74) is 5.58. The number of nitrogens with two attached hydrogens (primary N) is 1. The van der Waals surface area contributed by atoms with E-state index in [2.05, 4.69) is 9.97 Å². The van der Waals surface area contributed by atoms with Crippen LogP contribution in [0.1, 0.15) is 5.82 Å². The summed E-state index contributed by atoms with van der Waals surface area (Å²) in [4.78, 5) is 7.88. The van der Waals surface area contributed by atoms with E-state index in [-0.39, 0.29) is 0 Å². The highest BCUT2D eigenvalue weighted by Gasteiger charge is 2.15. The molecular formula is C7H12N3OP. The first-order valence-corrected chi connectivity index (χ1v) is 6.16. The van der Waals surface area contributed by atoms with Crippen LogP contribution in [0.25, 0.3) is 0 Å². The van der Waals surface area contributed by atoms with E-state index in [1.807, 2.05) is 0 Å². The topological polar surface area (TPSA) is 68.9 Å². The molecule has 0 radical (unpaired) electrons. The van der Waals surface area contributed by atoms with E-state index in [0.29, 0.717) is 16.9 Å². The van der Waals surface area contributed by atoms with Crippen molar-refractivity contribution in [1.82, 2.24) is 9.97 Å². The number of hydrogen-bond acceptors (Lipinski definition) is 4. The summed E-state index contributed by atoms with van der Waals surface area (Å²) in [5.74, 6) is 0.931. The molecule has 5 heteroatoms. The molecule has 0 aromatic carbocycles. The zero-order chi connectivity index (χ0) is 9.35. The van der Waals surface area contributed by atoms with Crippen molar-refractivity contribution in [3.8, 4) is 0 Å². The SMILES string of the molecule is Cc1ncc(P(C)(C)=O)c(N)n1. The number of rotatable bonds is 1. The van der Waals surface area contributed by atoms with E-state index in [1.165, 1.54) is 0 Å². The Hall–Kier alpha value is -0.890. The molecule has 0 aliphatic carbocycles. The lowest BCUT2D eigenvalue weighted by molar-refractivity contribution is 0.588. The summed E-state index contributed by atoms with van der Waals surface area (Å²) in [6.07, 6.45) is 1.54. The number of nitrogen functional groups attached to an aromatic ring is 1. The summed E-state index contributed by atoms with van der Waals surface area (Å²) >= 11 is 0. The quantitative estimate of drug-likeness (QED) is 0.651. The molecule has 0 unspecified atom stereocenters. The van der Waals surface area contributed by atoms with Gasteiger partial charge in [-0.2, -0.15) is 0 Å². The van der Waals surface area contributed by atoms with Gasteiger partial charge in [0.1, 0.15) is 18.8 Å². The van der Waals surface area contributed by atoms with Gasteiger partial charge in [0.05, 0.1) is 5.30 Å². The van der Waals surface area contributed by atoms with Gasteiger partial charge in [0.15, 0.2) is 0 Å². The summed E-state index contributed by atoms with van der Waals surface area (Å²) in [6.45, 7) is 5.05. The van der Waals surface area contributed by atoms with Crippen molar-refractivity contribution < 1.29 is 4.57 Å². The van der Waals surface area contributed by atoms with Crippen molar-refractivity contribution in [1.29, 1.82) is 0 Å². The molecule has 1 aromatic heterocycles. The predicted octanol–water partition coefficient (Wildman–Crippen LogP) is 0.615. The molecular weight excluding hydrogens is 173 g/mol. The fourth-order valence-corrected chi connectivity index (χ4v) is 1.83. The Balaban J connectivity index is 3.28. The summed E-state index contributed by atoms with van der Waals surface area (Å²) in [6, 6.07) is 0. The molecule has 0 fully saturated rings. The van der Waals surface area contributed by atoms with Crippen LogP contribution in [0.5, 0.6) is 0 Å². The van der Waals surface area contributed by atoms with Gasteiger partial charge in [-0.25, -0.2) is 9.97 Å². The molecule has 0 saturated carbocycles. The molecule has 2 N–H and O–H groups in total. The van der Waals surface area contributed by atoms with Crippen molar-refractivity contribution in [2.24, 2.45) is 0 Å². The Kier molecular flexibility index (Phi) is 2.20. The van der Waals surface area contributed by atoms with Crippen LogP contribution in [0, 0.1) is 6.92 Å². The minimum atomic E-state index is -2.33. The Morgan fingerprint density at radius 1 is 1.50 bits per heavy atom. The number of aromatic nitrogens is 2. The van der Waals surface area contributed by atoms with Gasteiger partial charge < -0.3 is 10.3 Å². The van der Waals surface area contributed by atoms with Gasteiger partial charge in [0.2, 0.25) is 0 Å². The maximum Gasteiger partial charge on any atom is 0.137 e. The molecule has 12 heavy (non-hydrogen) atoms. The van der Waals surface area contributed by atoms with Gasteiger partial charge in [-0.1, -0.05) is 0 Å². The maximum atomic E-state index is 11.6. The average Bonchev–Trinajstić information content (AvgIpc) is 1.83. The smallest absolute Gasteiger partial charge is 0.137 e. The molecule has 0 amide bonds. The highest BCUT2D eigenvalue weighted by molar-refractivity contribution is 7.70. The zero-order valence-corrected chi connectivity index (χ0v) is 8.30. The van der Waals surface area contributed by atoms with Crippen LogP contribution in [0.4, 0.5) is 5.82 Å². The van der Waals surface area contributed by atoms with Crippen molar-refractivity contribution in [3.63, 3.8) is 0 Å². The molecule has 0 saturated heterocycles. The highest BCUT2D eigenvalue weighted by Crippen LogP contribution is 2.35. The van der Waals surface area contributed by atoms with Crippen molar-refractivity contribution >= 4 is 18.3 Å². The Labute approximate surface area is 71.6 Å². The first-order chi connectivity index (χ1) is 5.41. The van der Waals surface area contributed by atoms with Crippen LogP contribution in [0.15, 0.2) is 6.20 Å². The Morgan fingerprint density at radius 3 is 2.50 bits per heavy atom. The van der Waals surface area contributed by atoms with Gasteiger partial charge in [-0.05, 0) is 20.3 Å². The first-order valence-electron chi connectivity index (χ1n) is 3.56. The van der Waals surface area contributed by atoms with Crippen molar-refractivity contribution in [2.75, 3.05) is 19.1 Å². The van der Waals surface area contributed by atoms with Crippen LogP contribution < -0.4 is 11.0 Å². The third-order valence-electron chi connectivity index (χ3n) is 1.50. The zero-order valence-electron chi connectivity index (χ0n) is 7.40. The molecule has 0 atom stereocenters. The second-order valence-electron chi connectivity index (χ2n) is 3.04. The van der Waals surface area contributed by atoms with Gasteiger partial charge in [-0.3, -0.25) is 0 Å². The second-order valence-corrected chi connectivity index (χ2v) is 6.22. The highest BCUT2D eigenvalue weighted by atomic mass is 31.2. The van der Waals surface area contributed by atoms with E-state index in [9.17, 15) is 4.57 Å². The molecule has 0 aliphatic rings. The second kappa shape index (κ2) is 2.87. The van der Waals surface area contributed by atoms with Crippen LogP contribution >= 0.6 is 7.14 Å². The predicted molar refractivity (Wildman–Crippen MR) is 50.3 cm³/mol. The largest absolute Gasteiger partial charge is 0.383 e. The fraction of sp³-hybridized carbons (Fsp3) is 0.429. The number of hydrogen-bond donors (Lipinski definition) is 1. The van der Waals surface area contributed by atoms with Gasteiger partial charge >= 0.3 is 0 Å². The minimum Gasteiger partial charge on any atom is -0.383 e. The van der Waals surface area contributed by atoms with Crippen molar-refractivity contribution in [2.45, 2.75) is 6.92 Å².